The zero-order valence-corrected chi connectivity index (χ0v) is 14.2. The van der Waals surface area contributed by atoms with Crippen LogP contribution in [0.1, 0.15) is 46.5 Å². The molecule has 21 heavy (non-hydrogen) atoms. The highest BCUT2D eigenvalue weighted by atomic mass is 35.5. The molecule has 2 nitrogen and oxygen atoms in total. The summed E-state index contributed by atoms with van der Waals surface area (Å²) in [5, 5.41) is 0.742. The Kier molecular flexibility index (Phi) is 5.56. The van der Waals surface area contributed by atoms with Crippen LogP contribution in [0.25, 0.3) is 0 Å². The van der Waals surface area contributed by atoms with E-state index in [9.17, 15) is 0 Å². The molecule has 1 aromatic carbocycles. The van der Waals surface area contributed by atoms with E-state index in [1.54, 1.807) is 0 Å². The maximum atomic E-state index is 6.25. The molecular weight excluding hydrogens is 282 g/mol. The molecule has 3 atom stereocenters. The van der Waals surface area contributed by atoms with Crippen molar-refractivity contribution in [3.05, 3.63) is 29.3 Å². The molecule has 1 fully saturated rings. The first-order valence-electron chi connectivity index (χ1n) is 8.08. The molecule has 1 aromatic rings. The van der Waals surface area contributed by atoms with Crippen molar-refractivity contribution in [1.82, 2.24) is 0 Å². The summed E-state index contributed by atoms with van der Waals surface area (Å²) < 4.78 is 6.25. The highest BCUT2D eigenvalue weighted by molar-refractivity contribution is 6.30. The average molecular weight is 310 g/mol. The van der Waals surface area contributed by atoms with Crippen LogP contribution in [-0.4, -0.2) is 12.6 Å². The number of hydrogen-bond acceptors (Lipinski definition) is 2. The van der Waals surface area contributed by atoms with Crippen molar-refractivity contribution in [1.29, 1.82) is 0 Å². The molecule has 3 heteroatoms. The zero-order valence-electron chi connectivity index (χ0n) is 13.4. The Morgan fingerprint density at radius 1 is 1.24 bits per heavy atom. The lowest BCUT2D eigenvalue weighted by atomic mass is 9.66. The zero-order chi connectivity index (χ0) is 15.5. The first-order valence-corrected chi connectivity index (χ1v) is 8.46. The highest BCUT2D eigenvalue weighted by Crippen LogP contribution is 2.43. The molecule has 1 saturated carbocycles. The van der Waals surface area contributed by atoms with E-state index in [0.29, 0.717) is 23.8 Å². The van der Waals surface area contributed by atoms with Crippen LogP contribution in [0, 0.1) is 17.3 Å². The second-order valence-electron chi connectivity index (χ2n) is 6.96. The SMILES string of the molecule is CCC(C)(C)C1CCC(CN)C(Oc2ccc(Cl)cc2)C1. The maximum absolute atomic E-state index is 6.25. The summed E-state index contributed by atoms with van der Waals surface area (Å²) in [7, 11) is 0. The van der Waals surface area contributed by atoms with Crippen molar-refractivity contribution in [2.24, 2.45) is 23.0 Å². The molecule has 2 rings (SSSR count). The van der Waals surface area contributed by atoms with Crippen LogP contribution in [0.5, 0.6) is 5.75 Å². The van der Waals surface area contributed by atoms with Crippen LogP contribution in [-0.2, 0) is 0 Å². The largest absolute Gasteiger partial charge is 0.490 e. The Hall–Kier alpha value is -0.730. The van der Waals surface area contributed by atoms with E-state index in [1.165, 1.54) is 19.3 Å². The smallest absolute Gasteiger partial charge is 0.119 e. The Balaban J connectivity index is 2.08. The number of benzene rings is 1. The average Bonchev–Trinajstić information content (AvgIpc) is 2.49. The summed E-state index contributed by atoms with van der Waals surface area (Å²) in [6.07, 6.45) is 4.97. The molecular formula is C18H28ClNO. The van der Waals surface area contributed by atoms with Crippen LogP contribution >= 0.6 is 11.6 Å². The maximum Gasteiger partial charge on any atom is 0.119 e. The fraction of sp³-hybridized carbons (Fsp3) is 0.667. The molecule has 0 aliphatic heterocycles. The predicted octanol–water partition coefficient (Wildman–Crippen LogP) is 4.90. The third-order valence-electron chi connectivity index (χ3n) is 5.35. The molecule has 0 spiro atoms. The van der Waals surface area contributed by atoms with E-state index in [2.05, 4.69) is 20.8 Å². The number of nitrogens with two attached hydrogens (primary N) is 1. The van der Waals surface area contributed by atoms with E-state index in [4.69, 9.17) is 22.1 Å². The van der Waals surface area contributed by atoms with Gasteiger partial charge in [-0.2, -0.15) is 0 Å². The summed E-state index contributed by atoms with van der Waals surface area (Å²) >= 11 is 5.94. The monoisotopic (exact) mass is 309 g/mol. The van der Waals surface area contributed by atoms with Gasteiger partial charge in [0.05, 0.1) is 0 Å². The molecule has 0 radical (unpaired) electrons. The van der Waals surface area contributed by atoms with E-state index in [-0.39, 0.29) is 6.10 Å². The van der Waals surface area contributed by atoms with Crippen LogP contribution in [0.15, 0.2) is 24.3 Å². The van der Waals surface area contributed by atoms with E-state index >= 15 is 0 Å². The van der Waals surface area contributed by atoms with E-state index in [1.807, 2.05) is 24.3 Å². The lowest BCUT2D eigenvalue weighted by molar-refractivity contribution is 0.0259. The van der Waals surface area contributed by atoms with Crippen molar-refractivity contribution in [3.63, 3.8) is 0 Å². The van der Waals surface area contributed by atoms with E-state index < -0.39 is 0 Å². The molecule has 0 heterocycles. The summed E-state index contributed by atoms with van der Waals surface area (Å²) in [5.41, 5.74) is 6.33. The fourth-order valence-electron chi connectivity index (χ4n) is 3.29. The molecule has 0 amide bonds. The molecule has 3 unspecified atom stereocenters. The minimum Gasteiger partial charge on any atom is -0.490 e. The third kappa shape index (κ3) is 4.14. The summed E-state index contributed by atoms with van der Waals surface area (Å²) in [6, 6.07) is 7.66. The molecule has 1 aliphatic rings. The van der Waals surface area contributed by atoms with Crippen molar-refractivity contribution in [2.45, 2.75) is 52.6 Å². The van der Waals surface area contributed by atoms with Crippen molar-refractivity contribution in [2.75, 3.05) is 6.54 Å². The number of ether oxygens (including phenoxy) is 1. The Bertz CT molecular complexity index is 443. The van der Waals surface area contributed by atoms with Gasteiger partial charge in [0, 0.05) is 10.9 Å². The lowest BCUT2D eigenvalue weighted by Crippen LogP contribution is -2.41. The van der Waals surface area contributed by atoms with Gasteiger partial charge in [0.2, 0.25) is 0 Å². The second kappa shape index (κ2) is 7.02. The summed E-state index contributed by atoms with van der Waals surface area (Å²) in [6.45, 7) is 7.74. The van der Waals surface area contributed by atoms with Gasteiger partial charge in [0.15, 0.2) is 0 Å². The Morgan fingerprint density at radius 2 is 1.90 bits per heavy atom. The van der Waals surface area contributed by atoms with Crippen LogP contribution in [0.4, 0.5) is 0 Å². The molecule has 0 bridgehead atoms. The van der Waals surface area contributed by atoms with Gasteiger partial charge >= 0.3 is 0 Å². The van der Waals surface area contributed by atoms with Crippen LogP contribution < -0.4 is 10.5 Å². The molecule has 0 aromatic heterocycles. The van der Waals surface area contributed by atoms with Crippen LogP contribution in [0.2, 0.25) is 5.02 Å². The summed E-state index contributed by atoms with van der Waals surface area (Å²) in [4.78, 5) is 0. The second-order valence-corrected chi connectivity index (χ2v) is 7.39. The first kappa shape index (κ1) is 16.6. The van der Waals surface area contributed by atoms with Crippen molar-refractivity contribution < 1.29 is 4.74 Å². The van der Waals surface area contributed by atoms with Crippen molar-refractivity contribution >= 4 is 11.6 Å². The van der Waals surface area contributed by atoms with Gasteiger partial charge in [-0.3, -0.25) is 0 Å². The molecule has 1 aliphatic carbocycles. The first-order chi connectivity index (χ1) is 9.96. The van der Waals surface area contributed by atoms with Crippen molar-refractivity contribution in [3.8, 4) is 5.75 Å². The van der Waals surface area contributed by atoms with Crippen LogP contribution in [0.3, 0.4) is 0 Å². The minimum absolute atomic E-state index is 0.223. The lowest BCUT2D eigenvalue weighted by Gasteiger charge is -2.42. The number of halogens is 1. The quantitative estimate of drug-likeness (QED) is 0.839. The summed E-state index contributed by atoms with van der Waals surface area (Å²) in [5.74, 6) is 2.07. The topological polar surface area (TPSA) is 35.2 Å². The van der Waals surface area contributed by atoms with Gasteiger partial charge in [-0.05, 0) is 61.4 Å². The highest BCUT2D eigenvalue weighted by Gasteiger charge is 2.37. The van der Waals surface area contributed by atoms with Gasteiger partial charge in [0.1, 0.15) is 11.9 Å². The predicted molar refractivity (Wildman–Crippen MR) is 89.8 cm³/mol. The van der Waals surface area contributed by atoms with Gasteiger partial charge in [-0.1, -0.05) is 38.8 Å². The molecule has 2 N–H and O–H groups in total. The third-order valence-corrected chi connectivity index (χ3v) is 5.60. The molecule has 118 valence electrons. The van der Waals surface area contributed by atoms with Gasteiger partial charge in [-0.25, -0.2) is 0 Å². The minimum atomic E-state index is 0.223. The molecule has 0 saturated heterocycles. The van der Waals surface area contributed by atoms with Gasteiger partial charge in [-0.15, -0.1) is 0 Å². The van der Waals surface area contributed by atoms with E-state index in [0.717, 1.165) is 17.2 Å². The van der Waals surface area contributed by atoms with Gasteiger partial charge < -0.3 is 10.5 Å². The normalized spacial score (nSPS) is 26.6. The Labute approximate surface area is 134 Å². The number of rotatable bonds is 5. The number of hydrogen-bond donors (Lipinski definition) is 1. The Morgan fingerprint density at radius 3 is 2.48 bits per heavy atom. The van der Waals surface area contributed by atoms with Gasteiger partial charge in [0.25, 0.3) is 0 Å². The standard InChI is InChI=1S/C18H28ClNO/c1-4-18(2,3)14-6-5-13(12-20)17(11-14)21-16-9-7-15(19)8-10-16/h7-10,13-14,17H,4-6,11-12,20H2,1-3H3. The fourth-order valence-corrected chi connectivity index (χ4v) is 3.42.